The van der Waals surface area contributed by atoms with Crippen molar-refractivity contribution in [3.05, 3.63) is 29.3 Å². The number of primary amides is 1. The number of carbonyl (C=O) groups is 1. The number of amides is 1. The zero-order valence-electron chi connectivity index (χ0n) is 9.33. The molecule has 1 amide bonds. The van der Waals surface area contributed by atoms with Crippen molar-refractivity contribution in [2.45, 2.75) is 0 Å². The van der Waals surface area contributed by atoms with Crippen molar-refractivity contribution in [3.63, 3.8) is 0 Å². The maximum Gasteiger partial charge on any atom is 0.250 e. The highest BCUT2D eigenvalue weighted by Crippen LogP contribution is 2.16. The first kappa shape index (κ1) is 12.1. The zero-order valence-corrected chi connectivity index (χ0v) is 9.33. The van der Waals surface area contributed by atoms with Crippen LogP contribution in [0.1, 0.15) is 15.9 Å². The van der Waals surface area contributed by atoms with Crippen LogP contribution in [0, 0.1) is 11.8 Å². The van der Waals surface area contributed by atoms with Crippen LogP contribution in [0.5, 0.6) is 5.75 Å². The molecule has 3 N–H and O–H groups in total. The Bertz CT molecular complexity index is 444. The summed E-state index contributed by atoms with van der Waals surface area (Å²) in [5.74, 6) is 5.84. The van der Waals surface area contributed by atoms with Gasteiger partial charge in [0, 0.05) is 5.56 Å². The molecule has 0 heterocycles. The van der Waals surface area contributed by atoms with E-state index in [0.29, 0.717) is 23.4 Å². The molecule has 84 valence electrons. The van der Waals surface area contributed by atoms with Crippen molar-refractivity contribution in [1.29, 1.82) is 0 Å². The van der Waals surface area contributed by atoms with Gasteiger partial charge in [0.25, 0.3) is 0 Å². The predicted octanol–water partition coefficient (Wildman–Crippen LogP) is 0.365. The van der Waals surface area contributed by atoms with Crippen molar-refractivity contribution in [2.75, 3.05) is 20.7 Å². The van der Waals surface area contributed by atoms with Gasteiger partial charge in [0.05, 0.1) is 19.2 Å². The van der Waals surface area contributed by atoms with E-state index in [9.17, 15) is 4.79 Å². The van der Waals surface area contributed by atoms with Crippen LogP contribution >= 0.6 is 0 Å². The van der Waals surface area contributed by atoms with Crippen LogP contribution in [0.15, 0.2) is 18.2 Å². The number of ether oxygens (including phenoxy) is 1. The summed E-state index contributed by atoms with van der Waals surface area (Å²) in [6.45, 7) is 0.560. The largest absolute Gasteiger partial charge is 0.497 e. The quantitative estimate of drug-likeness (QED) is 0.720. The van der Waals surface area contributed by atoms with Crippen molar-refractivity contribution in [3.8, 4) is 17.6 Å². The smallest absolute Gasteiger partial charge is 0.250 e. The van der Waals surface area contributed by atoms with Crippen LogP contribution in [0.3, 0.4) is 0 Å². The Morgan fingerprint density at radius 2 is 2.31 bits per heavy atom. The summed E-state index contributed by atoms with van der Waals surface area (Å²) in [7, 11) is 3.34. The number of hydrogen-bond acceptors (Lipinski definition) is 3. The lowest BCUT2D eigenvalue weighted by Crippen LogP contribution is -2.13. The lowest BCUT2D eigenvalue weighted by Gasteiger charge is -2.03. The number of hydrogen-bond donors (Lipinski definition) is 2. The van der Waals surface area contributed by atoms with Gasteiger partial charge < -0.3 is 15.8 Å². The molecule has 0 saturated carbocycles. The molecule has 0 unspecified atom stereocenters. The van der Waals surface area contributed by atoms with Crippen molar-refractivity contribution in [1.82, 2.24) is 5.32 Å². The molecular weight excluding hydrogens is 204 g/mol. The summed E-state index contributed by atoms with van der Waals surface area (Å²) in [5, 5.41) is 2.89. The number of methoxy groups -OCH3 is 1. The fraction of sp³-hybridized carbons (Fsp3) is 0.250. The van der Waals surface area contributed by atoms with Gasteiger partial charge >= 0.3 is 0 Å². The SMILES string of the molecule is CNCC#Cc1ccc(OC)cc1C(N)=O. The highest BCUT2D eigenvalue weighted by molar-refractivity contribution is 5.95. The second-order valence-corrected chi connectivity index (χ2v) is 3.11. The molecule has 1 aromatic carbocycles. The van der Waals surface area contributed by atoms with Crippen molar-refractivity contribution in [2.24, 2.45) is 5.73 Å². The molecule has 0 saturated heterocycles. The third-order valence-corrected chi connectivity index (χ3v) is 1.98. The van der Waals surface area contributed by atoms with E-state index >= 15 is 0 Å². The summed E-state index contributed by atoms with van der Waals surface area (Å²) >= 11 is 0. The first-order valence-electron chi connectivity index (χ1n) is 4.80. The Morgan fingerprint density at radius 3 is 2.88 bits per heavy atom. The number of rotatable bonds is 3. The van der Waals surface area contributed by atoms with E-state index in [1.807, 2.05) is 0 Å². The van der Waals surface area contributed by atoms with E-state index < -0.39 is 5.91 Å². The summed E-state index contributed by atoms with van der Waals surface area (Å²) in [6.07, 6.45) is 0. The average molecular weight is 218 g/mol. The molecule has 0 atom stereocenters. The molecule has 16 heavy (non-hydrogen) atoms. The van der Waals surface area contributed by atoms with Gasteiger partial charge in [-0.2, -0.15) is 0 Å². The summed E-state index contributed by atoms with van der Waals surface area (Å²) in [6, 6.07) is 5.06. The van der Waals surface area contributed by atoms with Crippen LogP contribution in [0.4, 0.5) is 0 Å². The molecule has 0 spiro atoms. The maximum absolute atomic E-state index is 11.2. The molecule has 0 aliphatic heterocycles. The molecule has 0 aromatic heterocycles. The molecule has 0 bridgehead atoms. The van der Waals surface area contributed by atoms with Gasteiger partial charge in [0.1, 0.15) is 5.75 Å². The fourth-order valence-corrected chi connectivity index (χ4v) is 1.19. The number of carbonyl (C=O) groups excluding carboxylic acids is 1. The fourth-order valence-electron chi connectivity index (χ4n) is 1.19. The Balaban J connectivity index is 3.09. The highest BCUT2D eigenvalue weighted by atomic mass is 16.5. The molecule has 1 rings (SSSR count). The topological polar surface area (TPSA) is 64.3 Å². The van der Waals surface area contributed by atoms with E-state index in [1.54, 1.807) is 25.2 Å². The van der Waals surface area contributed by atoms with Crippen LogP contribution < -0.4 is 15.8 Å². The normalized spacial score (nSPS) is 9.12. The van der Waals surface area contributed by atoms with Crippen molar-refractivity contribution >= 4 is 5.91 Å². The molecule has 0 radical (unpaired) electrons. The second kappa shape index (κ2) is 5.79. The molecule has 0 fully saturated rings. The van der Waals surface area contributed by atoms with E-state index in [-0.39, 0.29) is 0 Å². The zero-order chi connectivity index (χ0) is 12.0. The van der Waals surface area contributed by atoms with Gasteiger partial charge in [0.2, 0.25) is 5.91 Å². The van der Waals surface area contributed by atoms with Gasteiger partial charge in [0.15, 0.2) is 0 Å². The summed E-state index contributed by atoms with van der Waals surface area (Å²) in [5.41, 5.74) is 6.26. The standard InChI is InChI=1S/C12H14N2O2/c1-14-7-3-4-9-5-6-10(16-2)8-11(9)12(13)15/h5-6,8,14H,7H2,1-2H3,(H2,13,15). The first-order chi connectivity index (χ1) is 7.69. The maximum atomic E-state index is 11.2. The molecule has 1 aromatic rings. The van der Waals surface area contributed by atoms with Crippen LogP contribution in [0.25, 0.3) is 0 Å². The van der Waals surface area contributed by atoms with Gasteiger partial charge in [-0.05, 0) is 25.2 Å². The lowest BCUT2D eigenvalue weighted by atomic mass is 10.1. The van der Waals surface area contributed by atoms with Gasteiger partial charge in [-0.1, -0.05) is 11.8 Å². The average Bonchev–Trinajstić information content (AvgIpc) is 2.29. The van der Waals surface area contributed by atoms with Gasteiger partial charge in [-0.3, -0.25) is 4.79 Å². The van der Waals surface area contributed by atoms with Crippen LogP contribution in [0.2, 0.25) is 0 Å². The Hall–Kier alpha value is -1.99. The van der Waals surface area contributed by atoms with E-state index in [4.69, 9.17) is 10.5 Å². The number of nitrogens with one attached hydrogen (secondary N) is 1. The monoisotopic (exact) mass is 218 g/mol. The minimum absolute atomic E-state index is 0.378. The molecule has 0 aliphatic rings. The summed E-state index contributed by atoms with van der Waals surface area (Å²) < 4.78 is 5.02. The highest BCUT2D eigenvalue weighted by Gasteiger charge is 2.07. The number of benzene rings is 1. The van der Waals surface area contributed by atoms with E-state index in [2.05, 4.69) is 17.2 Å². The Kier molecular flexibility index (Phi) is 4.37. The van der Waals surface area contributed by atoms with Gasteiger partial charge in [-0.25, -0.2) is 0 Å². The summed E-state index contributed by atoms with van der Waals surface area (Å²) in [4.78, 5) is 11.2. The number of nitrogens with two attached hydrogens (primary N) is 1. The molecule has 4 nitrogen and oxygen atoms in total. The second-order valence-electron chi connectivity index (χ2n) is 3.11. The molecular formula is C12H14N2O2. The van der Waals surface area contributed by atoms with Crippen LogP contribution in [-0.2, 0) is 0 Å². The van der Waals surface area contributed by atoms with E-state index in [1.165, 1.54) is 7.11 Å². The first-order valence-corrected chi connectivity index (χ1v) is 4.80. The van der Waals surface area contributed by atoms with Gasteiger partial charge in [-0.15, -0.1) is 0 Å². The third-order valence-electron chi connectivity index (χ3n) is 1.98. The molecule has 0 aliphatic carbocycles. The Morgan fingerprint density at radius 1 is 1.56 bits per heavy atom. The van der Waals surface area contributed by atoms with Crippen LogP contribution in [-0.4, -0.2) is 26.6 Å². The Labute approximate surface area is 94.8 Å². The minimum atomic E-state index is -0.507. The lowest BCUT2D eigenvalue weighted by molar-refractivity contribution is 0.0999. The predicted molar refractivity (Wildman–Crippen MR) is 62.3 cm³/mol. The third kappa shape index (κ3) is 3.01. The van der Waals surface area contributed by atoms with Crippen molar-refractivity contribution < 1.29 is 9.53 Å². The molecule has 4 heteroatoms. The minimum Gasteiger partial charge on any atom is -0.497 e. The van der Waals surface area contributed by atoms with E-state index in [0.717, 1.165) is 0 Å².